The van der Waals surface area contributed by atoms with Gasteiger partial charge in [-0.15, -0.1) is 0 Å². The highest BCUT2D eigenvalue weighted by Crippen LogP contribution is 2.35. The highest BCUT2D eigenvalue weighted by molar-refractivity contribution is 7.93. The van der Waals surface area contributed by atoms with Crippen LogP contribution in [0.3, 0.4) is 0 Å². The summed E-state index contributed by atoms with van der Waals surface area (Å²) in [6, 6.07) is 25.9. The number of ether oxygens (including phenoxy) is 1. The number of carbonyl (C=O) groups excluding carboxylic acids is 3. The van der Waals surface area contributed by atoms with E-state index in [-0.39, 0.29) is 34.7 Å². The van der Waals surface area contributed by atoms with Gasteiger partial charge in [0, 0.05) is 5.56 Å². The zero-order valence-corrected chi connectivity index (χ0v) is 25.0. The van der Waals surface area contributed by atoms with Gasteiger partial charge >= 0.3 is 16.2 Å². The normalized spacial score (nSPS) is 14.1. The summed E-state index contributed by atoms with van der Waals surface area (Å²) in [6.45, 7) is 1.22. The molecule has 4 aromatic rings. The maximum atomic E-state index is 13.0. The third kappa shape index (κ3) is 6.96. The van der Waals surface area contributed by atoms with Crippen LogP contribution in [0.1, 0.15) is 37.4 Å². The van der Waals surface area contributed by atoms with Crippen LogP contribution in [0.5, 0.6) is 5.75 Å². The quantitative estimate of drug-likeness (QED) is 0.152. The van der Waals surface area contributed by atoms with Gasteiger partial charge in [-0.3, -0.25) is 14.3 Å². The summed E-state index contributed by atoms with van der Waals surface area (Å²) in [7, 11) is -8.30. The first-order valence-corrected chi connectivity index (χ1v) is 16.4. The molecule has 44 heavy (non-hydrogen) atoms. The van der Waals surface area contributed by atoms with Gasteiger partial charge in [-0.2, -0.15) is 8.42 Å². The third-order valence-electron chi connectivity index (χ3n) is 6.75. The molecule has 1 aliphatic rings. The van der Waals surface area contributed by atoms with E-state index in [2.05, 4.69) is 4.72 Å². The number of nitrogens with one attached hydrogen (secondary N) is 2. The Kier molecular flexibility index (Phi) is 8.52. The predicted molar refractivity (Wildman–Crippen MR) is 164 cm³/mol. The number of ketones is 1. The van der Waals surface area contributed by atoms with E-state index in [4.69, 9.17) is 4.74 Å². The molecule has 2 N–H and O–H groups in total. The van der Waals surface area contributed by atoms with E-state index in [0.29, 0.717) is 16.7 Å². The Hall–Kier alpha value is -5.01. The van der Waals surface area contributed by atoms with Crippen molar-refractivity contribution in [3.05, 3.63) is 125 Å². The van der Waals surface area contributed by atoms with Crippen LogP contribution in [0.25, 0.3) is 0 Å². The minimum absolute atomic E-state index is 0.0269. The maximum absolute atomic E-state index is 13.0. The average molecular weight is 634 g/mol. The van der Waals surface area contributed by atoms with Crippen LogP contribution < -0.4 is 18.5 Å². The SMILES string of the molecule is Cc1cccc(Cc2ccc(N3CC(=O)NS3(=O)=O)c(OC(=O)c3ccccc3)c2)c1NS(=O)(=O)CC(=O)c1ccccc1. The molecule has 1 saturated heterocycles. The third-order valence-corrected chi connectivity index (χ3v) is 9.30. The molecule has 11 nitrogen and oxygen atoms in total. The first-order chi connectivity index (χ1) is 20.9. The average Bonchev–Trinajstić information content (AvgIpc) is 3.26. The summed E-state index contributed by atoms with van der Waals surface area (Å²) in [4.78, 5) is 37.5. The van der Waals surface area contributed by atoms with Gasteiger partial charge in [0.15, 0.2) is 11.5 Å². The molecule has 1 fully saturated rings. The first-order valence-electron chi connectivity index (χ1n) is 13.3. The second kappa shape index (κ2) is 12.3. The summed E-state index contributed by atoms with van der Waals surface area (Å²) in [5, 5.41) is 0. The monoisotopic (exact) mass is 633 g/mol. The molecule has 5 rings (SSSR count). The number of rotatable bonds is 10. The smallest absolute Gasteiger partial charge is 0.343 e. The van der Waals surface area contributed by atoms with E-state index in [0.717, 1.165) is 4.31 Å². The van der Waals surface area contributed by atoms with Crippen molar-refractivity contribution in [1.82, 2.24) is 4.72 Å². The van der Waals surface area contributed by atoms with Crippen molar-refractivity contribution in [2.45, 2.75) is 13.3 Å². The Morgan fingerprint density at radius 3 is 2.20 bits per heavy atom. The number of aryl methyl sites for hydroxylation is 1. The number of carbonyl (C=O) groups is 3. The van der Waals surface area contributed by atoms with Gasteiger partial charge in [0.05, 0.1) is 16.9 Å². The van der Waals surface area contributed by atoms with Crippen LogP contribution in [-0.2, 0) is 31.4 Å². The lowest BCUT2D eigenvalue weighted by Gasteiger charge is -2.20. The van der Waals surface area contributed by atoms with Crippen molar-refractivity contribution < 1.29 is 36.0 Å². The molecule has 1 amide bonds. The molecule has 0 radical (unpaired) electrons. The van der Waals surface area contributed by atoms with Crippen molar-refractivity contribution in [3.8, 4) is 5.75 Å². The molecule has 0 atom stereocenters. The number of esters is 1. The summed E-state index contributed by atoms with van der Waals surface area (Å²) in [5.41, 5.74) is 2.48. The van der Waals surface area contributed by atoms with Crippen LogP contribution in [-0.4, -0.2) is 46.8 Å². The molecule has 4 aromatic carbocycles. The van der Waals surface area contributed by atoms with Crippen molar-refractivity contribution in [1.29, 1.82) is 0 Å². The number of hydrogen-bond acceptors (Lipinski definition) is 8. The molecule has 1 aliphatic heterocycles. The summed E-state index contributed by atoms with van der Waals surface area (Å²) in [5.74, 6) is -2.90. The van der Waals surface area contributed by atoms with Crippen LogP contribution >= 0.6 is 0 Å². The van der Waals surface area contributed by atoms with Crippen molar-refractivity contribution >= 4 is 49.3 Å². The standard InChI is InChI=1S/C31H27N3O8S2/c1-21-9-8-14-25(30(21)33-43(38,39)20-27(35)23-10-4-2-5-11-23)17-22-15-16-26(34-19-29(36)32-44(34,40)41)28(18-22)42-31(37)24-12-6-3-7-13-24/h2-16,18,33H,17,19-20H2,1H3,(H,32,36). The number of hydrogen-bond donors (Lipinski definition) is 2. The number of para-hydroxylation sites is 1. The fourth-order valence-corrected chi connectivity index (χ4v) is 7.01. The zero-order valence-electron chi connectivity index (χ0n) is 23.4. The van der Waals surface area contributed by atoms with E-state index in [1.54, 1.807) is 79.7 Å². The second-order valence-electron chi connectivity index (χ2n) is 10.0. The Bertz CT molecular complexity index is 1960. The number of nitrogens with zero attached hydrogens (tertiary/aromatic N) is 1. The largest absolute Gasteiger partial charge is 0.421 e. The van der Waals surface area contributed by atoms with Crippen molar-refractivity contribution in [3.63, 3.8) is 0 Å². The first kappa shape index (κ1) is 30.4. The fraction of sp³-hybridized carbons (Fsp3) is 0.129. The number of amides is 1. The summed E-state index contributed by atoms with van der Waals surface area (Å²) in [6.07, 6.45) is 0.145. The lowest BCUT2D eigenvalue weighted by atomic mass is 10.0. The van der Waals surface area contributed by atoms with Gasteiger partial charge in [0.2, 0.25) is 10.0 Å². The van der Waals surface area contributed by atoms with Gasteiger partial charge < -0.3 is 4.74 Å². The number of anilines is 2. The Morgan fingerprint density at radius 2 is 1.57 bits per heavy atom. The molecule has 0 aliphatic carbocycles. The Labute approximate surface area is 254 Å². The Morgan fingerprint density at radius 1 is 0.909 bits per heavy atom. The van der Waals surface area contributed by atoms with E-state index in [1.807, 2.05) is 4.72 Å². The van der Waals surface area contributed by atoms with Gasteiger partial charge in [-0.05, 0) is 54.3 Å². The predicted octanol–water partition coefficient (Wildman–Crippen LogP) is 3.61. The summed E-state index contributed by atoms with van der Waals surface area (Å²) < 4.78 is 62.2. The molecular formula is C31H27N3O8S2. The van der Waals surface area contributed by atoms with Crippen LogP contribution in [0.2, 0.25) is 0 Å². The molecule has 0 unspecified atom stereocenters. The topological polar surface area (TPSA) is 156 Å². The zero-order chi connectivity index (χ0) is 31.5. The molecule has 0 bridgehead atoms. The van der Waals surface area contributed by atoms with Crippen LogP contribution in [0, 0.1) is 6.92 Å². The minimum atomic E-state index is -4.21. The minimum Gasteiger partial charge on any atom is -0.421 e. The van der Waals surface area contributed by atoms with Gasteiger partial charge in [-0.25, -0.2) is 22.2 Å². The van der Waals surface area contributed by atoms with Crippen molar-refractivity contribution in [2.75, 3.05) is 21.3 Å². The van der Waals surface area contributed by atoms with Crippen LogP contribution in [0.15, 0.2) is 97.1 Å². The molecular weight excluding hydrogens is 606 g/mol. The molecule has 0 spiro atoms. The maximum Gasteiger partial charge on any atom is 0.343 e. The lowest BCUT2D eigenvalue weighted by Crippen LogP contribution is -2.30. The van der Waals surface area contributed by atoms with Gasteiger partial charge in [0.25, 0.3) is 5.91 Å². The molecule has 0 saturated carbocycles. The second-order valence-corrected chi connectivity index (χ2v) is 13.3. The van der Waals surface area contributed by atoms with E-state index < -0.39 is 50.2 Å². The Balaban J connectivity index is 1.46. The van der Waals surface area contributed by atoms with E-state index in [1.165, 1.54) is 24.3 Å². The molecule has 0 aromatic heterocycles. The van der Waals surface area contributed by atoms with Crippen molar-refractivity contribution in [2.24, 2.45) is 0 Å². The molecule has 226 valence electrons. The lowest BCUT2D eigenvalue weighted by molar-refractivity contribution is -0.117. The fourth-order valence-electron chi connectivity index (χ4n) is 4.66. The number of Topliss-reactive ketones (excluding diaryl/α,β-unsaturated/α-hetero) is 1. The highest BCUT2D eigenvalue weighted by Gasteiger charge is 2.36. The van der Waals surface area contributed by atoms with Gasteiger partial charge in [-0.1, -0.05) is 72.8 Å². The van der Waals surface area contributed by atoms with Crippen LogP contribution in [0.4, 0.5) is 11.4 Å². The highest BCUT2D eigenvalue weighted by atomic mass is 32.2. The summed E-state index contributed by atoms with van der Waals surface area (Å²) >= 11 is 0. The molecule has 1 heterocycles. The van der Waals surface area contributed by atoms with Gasteiger partial charge in [0.1, 0.15) is 12.3 Å². The van der Waals surface area contributed by atoms with E-state index in [9.17, 15) is 31.2 Å². The number of benzene rings is 4. The number of sulfonamides is 1. The van der Waals surface area contributed by atoms with E-state index >= 15 is 0 Å². The molecule has 13 heteroatoms.